The molecule has 21 heavy (non-hydrogen) atoms. The Kier molecular flexibility index (Phi) is 3.57. The van der Waals surface area contributed by atoms with Crippen molar-refractivity contribution in [3.63, 3.8) is 0 Å². The lowest BCUT2D eigenvalue weighted by Crippen LogP contribution is -2.13. The van der Waals surface area contributed by atoms with Gasteiger partial charge >= 0.3 is 0 Å². The summed E-state index contributed by atoms with van der Waals surface area (Å²) in [5.74, 6) is -0.376. The molecule has 0 unspecified atom stereocenters. The first-order valence-corrected chi connectivity index (χ1v) is 7.39. The molecule has 0 atom stereocenters. The Labute approximate surface area is 130 Å². The van der Waals surface area contributed by atoms with E-state index in [1.807, 2.05) is 13.8 Å². The molecule has 1 amide bonds. The lowest BCUT2D eigenvalue weighted by atomic mass is 10.1. The molecule has 0 aliphatic rings. The molecule has 0 bridgehead atoms. The highest BCUT2D eigenvalue weighted by atomic mass is 35.5. The molecule has 2 aromatic heterocycles. The van der Waals surface area contributed by atoms with Gasteiger partial charge in [0.1, 0.15) is 10.8 Å². The molecule has 0 spiro atoms. The number of nitrogens with zero attached hydrogens (tertiary/aromatic N) is 3. The van der Waals surface area contributed by atoms with Gasteiger partial charge in [-0.2, -0.15) is 0 Å². The summed E-state index contributed by atoms with van der Waals surface area (Å²) in [7, 11) is 0. The van der Waals surface area contributed by atoms with E-state index in [0.717, 1.165) is 15.8 Å². The molecule has 7 heteroatoms. The number of anilines is 1. The second-order valence-corrected chi connectivity index (χ2v) is 6.05. The highest BCUT2D eigenvalue weighted by Crippen LogP contribution is 2.29. The minimum atomic E-state index is -0.376. The van der Waals surface area contributed by atoms with Gasteiger partial charge in [-0.1, -0.05) is 29.0 Å². The molecule has 1 N–H and O–H groups in total. The third-order valence-corrected chi connectivity index (χ3v) is 3.99. The average molecular weight is 319 g/mol. The number of carbonyl (C=O) groups excluding carboxylic acids is 1. The van der Waals surface area contributed by atoms with E-state index in [1.165, 1.54) is 29.3 Å². The number of aryl methyl sites for hydroxylation is 2. The van der Waals surface area contributed by atoms with Gasteiger partial charge in [-0.25, -0.2) is 9.97 Å². The van der Waals surface area contributed by atoms with Gasteiger partial charge < -0.3 is 0 Å². The third-order valence-electron chi connectivity index (χ3n) is 2.89. The van der Waals surface area contributed by atoms with E-state index in [-0.39, 0.29) is 16.8 Å². The molecule has 0 fully saturated rings. The van der Waals surface area contributed by atoms with Crippen LogP contribution in [0.5, 0.6) is 0 Å². The maximum absolute atomic E-state index is 12.1. The van der Waals surface area contributed by atoms with Gasteiger partial charge in [0.15, 0.2) is 5.13 Å². The molecule has 0 aliphatic heterocycles. The Balaban J connectivity index is 1.91. The zero-order valence-electron chi connectivity index (χ0n) is 11.3. The zero-order valence-corrected chi connectivity index (χ0v) is 12.9. The van der Waals surface area contributed by atoms with Gasteiger partial charge in [0.2, 0.25) is 0 Å². The minimum Gasteiger partial charge on any atom is -0.296 e. The number of fused-ring (bicyclic) bond motifs is 1. The first-order valence-electron chi connectivity index (χ1n) is 6.19. The fraction of sp³-hybridized carbons (Fsp3) is 0.143. The number of amides is 1. The van der Waals surface area contributed by atoms with Gasteiger partial charge in [0.25, 0.3) is 5.91 Å². The Morgan fingerprint density at radius 3 is 2.81 bits per heavy atom. The van der Waals surface area contributed by atoms with E-state index >= 15 is 0 Å². The largest absolute Gasteiger partial charge is 0.296 e. The molecule has 2 heterocycles. The normalized spacial score (nSPS) is 10.8. The quantitative estimate of drug-likeness (QED) is 0.783. The topological polar surface area (TPSA) is 67.8 Å². The third kappa shape index (κ3) is 2.86. The lowest BCUT2D eigenvalue weighted by molar-refractivity contribution is 0.102. The van der Waals surface area contributed by atoms with Crippen molar-refractivity contribution in [3.05, 3.63) is 46.5 Å². The number of benzene rings is 1. The number of rotatable bonds is 2. The van der Waals surface area contributed by atoms with Crippen LogP contribution in [-0.2, 0) is 0 Å². The smallest absolute Gasteiger partial charge is 0.277 e. The molecular formula is C14H11ClN4OS. The lowest BCUT2D eigenvalue weighted by Gasteiger charge is -2.00. The fourth-order valence-electron chi connectivity index (χ4n) is 2.04. The summed E-state index contributed by atoms with van der Waals surface area (Å²) >= 11 is 7.16. The second kappa shape index (κ2) is 5.38. The Morgan fingerprint density at radius 2 is 2.05 bits per heavy atom. The highest BCUT2D eigenvalue weighted by molar-refractivity contribution is 7.22. The molecule has 106 valence electrons. The Morgan fingerprint density at radius 1 is 1.24 bits per heavy atom. The highest BCUT2D eigenvalue weighted by Gasteiger charge is 2.13. The van der Waals surface area contributed by atoms with Crippen LogP contribution in [0.1, 0.15) is 21.6 Å². The Bertz CT molecular complexity index is 846. The van der Waals surface area contributed by atoms with E-state index in [4.69, 9.17) is 11.6 Å². The van der Waals surface area contributed by atoms with E-state index in [1.54, 1.807) is 0 Å². The fourth-order valence-corrected chi connectivity index (χ4v) is 3.22. The van der Waals surface area contributed by atoms with Crippen LogP contribution in [0.4, 0.5) is 5.13 Å². The van der Waals surface area contributed by atoms with Crippen LogP contribution in [0, 0.1) is 13.8 Å². The van der Waals surface area contributed by atoms with E-state index in [2.05, 4.69) is 32.4 Å². The average Bonchev–Trinajstić information content (AvgIpc) is 2.81. The first-order chi connectivity index (χ1) is 10.0. The van der Waals surface area contributed by atoms with Crippen LogP contribution in [0.15, 0.2) is 24.5 Å². The number of hydrogen-bond acceptors (Lipinski definition) is 5. The van der Waals surface area contributed by atoms with Crippen molar-refractivity contribution >= 4 is 44.2 Å². The molecule has 0 radical (unpaired) electrons. The van der Waals surface area contributed by atoms with Gasteiger partial charge in [-0.05, 0) is 31.0 Å². The SMILES string of the molecule is Cc1cc(C)c2nc(NC(=O)c3cncc(Cl)n3)sc2c1. The van der Waals surface area contributed by atoms with Crippen molar-refractivity contribution in [2.45, 2.75) is 13.8 Å². The number of nitrogens with one attached hydrogen (secondary N) is 1. The van der Waals surface area contributed by atoms with Crippen molar-refractivity contribution < 1.29 is 4.79 Å². The molecule has 3 aromatic rings. The van der Waals surface area contributed by atoms with Crippen LogP contribution in [-0.4, -0.2) is 20.9 Å². The summed E-state index contributed by atoms with van der Waals surface area (Å²) in [6.45, 7) is 4.04. The summed E-state index contributed by atoms with van der Waals surface area (Å²) in [4.78, 5) is 24.3. The Hall–Kier alpha value is -2.05. The number of carbonyl (C=O) groups is 1. The molecule has 0 aliphatic carbocycles. The van der Waals surface area contributed by atoms with Crippen LogP contribution in [0.2, 0.25) is 5.15 Å². The molecule has 0 saturated carbocycles. The first kappa shape index (κ1) is 13.9. The standard InChI is InChI=1S/C14H11ClN4OS/c1-7-3-8(2)12-10(4-7)21-14(18-12)19-13(20)9-5-16-6-11(15)17-9/h3-6H,1-2H3,(H,18,19,20). The number of thiazole rings is 1. The van der Waals surface area contributed by atoms with Gasteiger partial charge in [0, 0.05) is 0 Å². The maximum Gasteiger partial charge on any atom is 0.277 e. The van der Waals surface area contributed by atoms with Crippen LogP contribution in [0.25, 0.3) is 10.2 Å². The van der Waals surface area contributed by atoms with E-state index in [0.29, 0.717) is 5.13 Å². The summed E-state index contributed by atoms with van der Waals surface area (Å²) in [6.07, 6.45) is 2.74. The van der Waals surface area contributed by atoms with Gasteiger partial charge in [-0.15, -0.1) is 0 Å². The molecular weight excluding hydrogens is 308 g/mol. The van der Waals surface area contributed by atoms with Crippen molar-refractivity contribution in [1.29, 1.82) is 0 Å². The van der Waals surface area contributed by atoms with Crippen LogP contribution >= 0.6 is 22.9 Å². The van der Waals surface area contributed by atoms with Gasteiger partial charge in [-0.3, -0.25) is 15.1 Å². The summed E-state index contributed by atoms with van der Waals surface area (Å²) in [5.41, 5.74) is 3.32. The zero-order chi connectivity index (χ0) is 15.0. The van der Waals surface area contributed by atoms with Crippen molar-refractivity contribution in [1.82, 2.24) is 15.0 Å². The molecule has 1 aromatic carbocycles. The van der Waals surface area contributed by atoms with Crippen molar-refractivity contribution in [3.8, 4) is 0 Å². The molecule has 0 saturated heterocycles. The van der Waals surface area contributed by atoms with Crippen LogP contribution < -0.4 is 5.32 Å². The minimum absolute atomic E-state index is 0.162. The van der Waals surface area contributed by atoms with E-state index in [9.17, 15) is 4.79 Å². The summed E-state index contributed by atoms with van der Waals surface area (Å²) in [5, 5.41) is 3.44. The van der Waals surface area contributed by atoms with Crippen molar-refractivity contribution in [2.75, 3.05) is 5.32 Å². The van der Waals surface area contributed by atoms with Gasteiger partial charge in [0.05, 0.1) is 22.6 Å². The second-order valence-electron chi connectivity index (χ2n) is 4.63. The van der Waals surface area contributed by atoms with Crippen molar-refractivity contribution in [2.24, 2.45) is 0 Å². The van der Waals surface area contributed by atoms with E-state index < -0.39 is 0 Å². The van der Waals surface area contributed by atoms with Crippen LogP contribution in [0.3, 0.4) is 0 Å². The monoisotopic (exact) mass is 318 g/mol. The summed E-state index contributed by atoms with van der Waals surface area (Å²) < 4.78 is 1.04. The summed E-state index contributed by atoms with van der Waals surface area (Å²) in [6, 6.07) is 4.12. The number of aromatic nitrogens is 3. The predicted molar refractivity (Wildman–Crippen MR) is 84.1 cm³/mol. The molecule has 5 nitrogen and oxygen atoms in total. The number of halogens is 1. The maximum atomic E-state index is 12.1. The molecule has 3 rings (SSSR count). The predicted octanol–water partition coefficient (Wildman–Crippen LogP) is 3.61. The number of hydrogen-bond donors (Lipinski definition) is 1.